The Kier molecular flexibility index (Phi) is 4.92. The third-order valence-corrected chi connectivity index (χ3v) is 8.92. The fourth-order valence-electron chi connectivity index (χ4n) is 7.26. The molecule has 3 aliphatic carbocycles. The number of aliphatic hydroxyl groups excluding tert-OH is 1. The van der Waals surface area contributed by atoms with Gasteiger partial charge in [0.05, 0.1) is 19.3 Å². The van der Waals surface area contributed by atoms with Crippen LogP contribution >= 0.6 is 0 Å². The smallest absolute Gasteiger partial charge is 0.160 e. The van der Waals surface area contributed by atoms with Crippen molar-refractivity contribution in [3.05, 3.63) is 24.3 Å². The highest BCUT2D eigenvalue weighted by Gasteiger charge is 2.67. The van der Waals surface area contributed by atoms with Crippen LogP contribution in [0.4, 0.5) is 0 Å². The first kappa shape index (κ1) is 20.3. The number of carbonyl (C=O) groups excluding carboxylic acids is 1. The SMILES string of the molecule is C=C1C(O)[C@@](C)(/C=C/C)CC(=O)[C@@]2(C)C3[C@H](C4OCCO4)CCC13CC[C@H]2C. The number of hydrogen-bond donors (Lipinski definition) is 1. The molecule has 0 aromatic carbocycles. The number of ether oxygens (including phenoxy) is 2. The monoisotopic (exact) mass is 388 g/mol. The molecule has 2 bridgehead atoms. The van der Waals surface area contributed by atoms with Gasteiger partial charge in [0.25, 0.3) is 0 Å². The lowest BCUT2D eigenvalue weighted by Gasteiger charge is -2.59. The fraction of sp³-hybridized carbons (Fsp3) is 0.792. The summed E-state index contributed by atoms with van der Waals surface area (Å²) in [7, 11) is 0. The first-order chi connectivity index (χ1) is 13.2. The zero-order chi connectivity index (χ0) is 20.3. The van der Waals surface area contributed by atoms with Gasteiger partial charge >= 0.3 is 0 Å². The molecule has 4 fully saturated rings. The van der Waals surface area contributed by atoms with Crippen LogP contribution in [0.15, 0.2) is 24.3 Å². The minimum Gasteiger partial charge on any atom is -0.388 e. The molecule has 3 saturated carbocycles. The molecule has 1 heterocycles. The Bertz CT molecular complexity index is 693. The van der Waals surface area contributed by atoms with Crippen molar-refractivity contribution in [3.63, 3.8) is 0 Å². The van der Waals surface area contributed by atoms with E-state index in [0.29, 0.717) is 25.6 Å². The molecular weight excluding hydrogens is 352 g/mol. The van der Waals surface area contributed by atoms with Crippen LogP contribution < -0.4 is 0 Å². The van der Waals surface area contributed by atoms with Gasteiger partial charge in [-0.15, -0.1) is 0 Å². The molecule has 4 aliphatic rings. The quantitative estimate of drug-likeness (QED) is 0.718. The average molecular weight is 389 g/mol. The molecule has 1 saturated heterocycles. The highest BCUT2D eigenvalue weighted by Crippen LogP contribution is 2.69. The van der Waals surface area contributed by atoms with Gasteiger partial charge in [0, 0.05) is 23.2 Å². The number of hydrogen-bond acceptors (Lipinski definition) is 4. The van der Waals surface area contributed by atoms with Crippen LogP contribution in [0.3, 0.4) is 0 Å². The molecule has 4 nitrogen and oxygen atoms in total. The van der Waals surface area contributed by atoms with Crippen LogP contribution in [0, 0.1) is 34.0 Å². The van der Waals surface area contributed by atoms with Gasteiger partial charge in [-0.05, 0) is 55.4 Å². The van der Waals surface area contributed by atoms with Gasteiger partial charge < -0.3 is 14.6 Å². The van der Waals surface area contributed by atoms with Gasteiger partial charge in [-0.3, -0.25) is 4.79 Å². The van der Waals surface area contributed by atoms with E-state index in [4.69, 9.17) is 9.47 Å². The fourth-order valence-corrected chi connectivity index (χ4v) is 7.26. The summed E-state index contributed by atoms with van der Waals surface area (Å²) in [6.45, 7) is 14.1. The van der Waals surface area contributed by atoms with E-state index in [1.165, 1.54) is 0 Å². The van der Waals surface area contributed by atoms with Gasteiger partial charge in [-0.25, -0.2) is 0 Å². The molecule has 0 aromatic rings. The zero-order valence-electron chi connectivity index (χ0n) is 17.9. The summed E-state index contributed by atoms with van der Waals surface area (Å²) in [6.07, 6.45) is 7.31. The lowest BCUT2D eigenvalue weighted by atomic mass is 9.44. The van der Waals surface area contributed by atoms with E-state index in [0.717, 1.165) is 31.3 Å². The summed E-state index contributed by atoms with van der Waals surface area (Å²) in [5.41, 5.74) is -0.318. The maximum atomic E-state index is 13.9. The minimum atomic E-state index is -0.711. The van der Waals surface area contributed by atoms with E-state index in [1.54, 1.807) is 0 Å². The average Bonchev–Trinajstić information content (AvgIpc) is 3.31. The summed E-state index contributed by atoms with van der Waals surface area (Å²) in [5, 5.41) is 11.4. The van der Waals surface area contributed by atoms with E-state index < -0.39 is 16.9 Å². The molecule has 1 N–H and O–H groups in total. The number of aliphatic hydroxyl groups is 1. The maximum Gasteiger partial charge on any atom is 0.160 e. The molecule has 156 valence electrons. The summed E-state index contributed by atoms with van der Waals surface area (Å²) in [5.74, 6) is 0.898. The summed E-state index contributed by atoms with van der Waals surface area (Å²) in [6, 6.07) is 0. The molecule has 4 rings (SSSR count). The largest absolute Gasteiger partial charge is 0.388 e. The molecule has 0 spiro atoms. The van der Waals surface area contributed by atoms with Crippen molar-refractivity contribution in [1.29, 1.82) is 0 Å². The van der Waals surface area contributed by atoms with Gasteiger partial charge in [0.15, 0.2) is 6.29 Å². The van der Waals surface area contributed by atoms with E-state index in [-0.39, 0.29) is 29.3 Å². The van der Waals surface area contributed by atoms with Crippen LogP contribution in [0.2, 0.25) is 0 Å². The Labute approximate surface area is 169 Å². The molecule has 0 amide bonds. The van der Waals surface area contributed by atoms with Crippen LogP contribution in [-0.4, -0.2) is 36.5 Å². The second-order valence-corrected chi connectivity index (χ2v) is 10.2. The third-order valence-electron chi connectivity index (χ3n) is 8.92. The molecule has 1 aliphatic heterocycles. The first-order valence-corrected chi connectivity index (χ1v) is 11.0. The van der Waals surface area contributed by atoms with Gasteiger partial charge in [-0.1, -0.05) is 39.5 Å². The third kappa shape index (κ3) is 2.57. The Morgan fingerprint density at radius 2 is 1.82 bits per heavy atom. The Morgan fingerprint density at radius 1 is 1.18 bits per heavy atom. The lowest BCUT2D eigenvalue weighted by Crippen LogP contribution is -2.59. The van der Waals surface area contributed by atoms with Crippen LogP contribution in [0.5, 0.6) is 0 Å². The molecular formula is C24H36O4. The van der Waals surface area contributed by atoms with Gasteiger partial charge in [-0.2, -0.15) is 0 Å². The van der Waals surface area contributed by atoms with Gasteiger partial charge in [0.1, 0.15) is 5.78 Å². The lowest BCUT2D eigenvalue weighted by molar-refractivity contribution is -0.167. The highest BCUT2D eigenvalue weighted by molar-refractivity contribution is 5.87. The molecule has 3 unspecified atom stereocenters. The summed E-state index contributed by atoms with van der Waals surface area (Å²) < 4.78 is 11.9. The van der Waals surface area contributed by atoms with E-state index in [2.05, 4.69) is 20.4 Å². The number of carbonyl (C=O) groups is 1. The Morgan fingerprint density at radius 3 is 2.46 bits per heavy atom. The topological polar surface area (TPSA) is 55.8 Å². The molecule has 0 aromatic heterocycles. The van der Waals surface area contributed by atoms with Crippen molar-refractivity contribution in [2.45, 2.75) is 72.2 Å². The van der Waals surface area contributed by atoms with E-state index in [1.807, 2.05) is 26.0 Å². The van der Waals surface area contributed by atoms with E-state index in [9.17, 15) is 9.90 Å². The number of allylic oxidation sites excluding steroid dienone is 1. The minimum absolute atomic E-state index is 0.122. The van der Waals surface area contributed by atoms with Crippen molar-refractivity contribution >= 4 is 5.78 Å². The van der Waals surface area contributed by atoms with Crippen molar-refractivity contribution in [2.24, 2.45) is 34.0 Å². The number of rotatable bonds is 2. The van der Waals surface area contributed by atoms with Crippen LogP contribution in [-0.2, 0) is 14.3 Å². The molecule has 7 atom stereocenters. The second kappa shape index (κ2) is 6.78. The van der Waals surface area contributed by atoms with Crippen LogP contribution in [0.25, 0.3) is 0 Å². The summed E-state index contributed by atoms with van der Waals surface area (Å²) in [4.78, 5) is 13.9. The van der Waals surface area contributed by atoms with Gasteiger partial charge in [0.2, 0.25) is 0 Å². The molecule has 28 heavy (non-hydrogen) atoms. The van der Waals surface area contributed by atoms with Crippen molar-refractivity contribution < 1.29 is 19.4 Å². The standard InChI is InChI=1S/C24H36O4/c1-6-9-22(4)14-18(25)23(5)15(2)7-10-24(16(3)20(22)26)11-8-17(19(23)24)21-27-12-13-28-21/h6,9,15,17,19-21,26H,3,7-8,10-14H2,1-2,4-5H3/b9-6+/t15-,17-,19?,20?,22+,23+,24?/m1/s1. The number of Topliss-reactive ketones (excluding diaryl/α,β-unsaturated/α-hetero) is 1. The zero-order valence-corrected chi connectivity index (χ0v) is 17.9. The van der Waals surface area contributed by atoms with Crippen molar-refractivity contribution in [3.8, 4) is 0 Å². The second-order valence-electron chi connectivity index (χ2n) is 10.2. The predicted octanol–water partition coefficient (Wildman–Crippen LogP) is 4.28. The molecule has 4 heteroatoms. The predicted molar refractivity (Wildman–Crippen MR) is 109 cm³/mol. The summed E-state index contributed by atoms with van der Waals surface area (Å²) >= 11 is 0. The highest BCUT2D eigenvalue weighted by atomic mass is 16.7. The maximum absolute atomic E-state index is 13.9. The Hall–Kier alpha value is -0.970. The van der Waals surface area contributed by atoms with E-state index >= 15 is 0 Å². The number of ketones is 1. The van der Waals surface area contributed by atoms with Crippen molar-refractivity contribution in [1.82, 2.24) is 0 Å². The van der Waals surface area contributed by atoms with Crippen LogP contribution in [0.1, 0.15) is 59.8 Å². The normalized spacial score (nSPS) is 50.0. The Balaban J connectivity index is 1.87. The molecule has 0 radical (unpaired) electrons. The first-order valence-electron chi connectivity index (χ1n) is 11.0. The van der Waals surface area contributed by atoms with Crippen molar-refractivity contribution in [2.75, 3.05) is 13.2 Å².